The van der Waals surface area contributed by atoms with Gasteiger partial charge in [-0.3, -0.25) is 0 Å². The standard InChI is InChI=1S/C14H20O2/c1-10-3-8-14(16-2)12(9-10)6-7-13(15)11-4-5-11/h3,8-9,11,13,15H,4-7H2,1-2H3. The molecule has 0 spiro atoms. The molecule has 1 aliphatic rings. The van der Waals surface area contributed by atoms with Gasteiger partial charge in [0.15, 0.2) is 0 Å². The lowest BCUT2D eigenvalue weighted by atomic mass is 10.0. The van der Waals surface area contributed by atoms with Crippen LogP contribution in [0.15, 0.2) is 18.2 Å². The summed E-state index contributed by atoms with van der Waals surface area (Å²) in [5.74, 6) is 1.50. The van der Waals surface area contributed by atoms with E-state index in [-0.39, 0.29) is 6.10 Å². The van der Waals surface area contributed by atoms with Crippen LogP contribution in [0.4, 0.5) is 0 Å². The van der Waals surface area contributed by atoms with Gasteiger partial charge < -0.3 is 9.84 Å². The minimum atomic E-state index is -0.120. The Hall–Kier alpha value is -1.02. The van der Waals surface area contributed by atoms with E-state index in [2.05, 4.69) is 19.1 Å². The Morgan fingerprint density at radius 2 is 2.19 bits per heavy atom. The third kappa shape index (κ3) is 2.76. The van der Waals surface area contributed by atoms with Gasteiger partial charge in [-0.15, -0.1) is 0 Å². The summed E-state index contributed by atoms with van der Waals surface area (Å²) >= 11 is 0. The largest absolute Gasteiger partial charge is 0.496 e. The lowest BCUT2D eigenvalue weighted by Gasteiger charge is -2.12. The zero-order chi connectivity index (χ0) is 11.5. The molecule has 1 N–H and O–H groups in total. The molecule has 1 aliphatic carbocycles. The Labute approximate surface area is 97.3 Å². The van der Waals surface area contributed by atoms with Crippen molar-refractivity contribution in [3.05, 3.63) is 29.3 Å². The summed E-state index contributed by atoms with van der Waals surface area (Å²) in [5.41, 5.74) is 2.46. The number of methoxy groups -OCH3 is 1. The fourth-order valence-electron chi connectivity index (χ4n) is 2.12. The highest BCUT2D eigenvalue weighted by Crippen LogP contribution is 2.34. The summed E-state index contributed by atoms with van der Waals surface area (Å²) in [7, 11) is 1.70. The van der Waals surface area contributed by atoms with E-state index in [0.29, 0.717) is 5.92 Å². The van der Waals surface area contributed by atoms with Gasteiger partial charge >= 0.3 is 0 Å². The Bertz CT molecular complexity index is 356. The topological polar surface area (TPSA) is 29.5 Å². The molecule has 88 valence electrons. The van der Waals surface area contributed by atoms with Crippen LogP contribution >= 0.6 is 0 Å². The summed E-state index contributed by atoms with van der Waals surface area (Å²) in [5, 5.41) is 9.84. The average molecular weight is 220 g/mol. The zero-order valence-electron chi connectivity index (χ0n) is 10.1. The smallest absolute Gasteiger partial charge is 0.122 e. The quantitative estimate of drug-likeness (QED) is 0.826. The molecule has 0 heterocycles. The van der Waals surface area contributed by atoms with Crippen LogP contribution in [0.1, 0.15) is 30.4 Å². The molecule has 1 unspecified atom stereocenters. The highest BCUT2D eigenvalue weighted by molar-refractivity contribution is 5.36. The second-order valence-corrected chi connectivity index (χ2v) is 4.76. The molecule has 16 heavy (non-hydrogen) atoms. The Kier molecular flexibility index (Phi) is 3.49. The van der Waals surface area contributed by atoms with Crippen molar-refractivity contribution in [1.82, 2.24) is 0 Å². The Balaban J connectivity index is 1.98. The van der Waals surface area contributed by atoms with Crippen LogP contribution in [-0.4, -0.2) is 18.3 Å². The van der Waals surface area contributed by atoms with E-state index in [9.17, 15) is 5.11 Å². The predicted octanol–water partition coefficient (Wildman–Crippen LogP) is 2.71. The molecule has 2 nitrogen and oxygen atoms in total. The van der Waals surface area contributed by atoms with Gasteiger partial charge in [0.1, 0.15) is 5.75 Å². The van der Waals surface area contributed by atoms with Crippen LogP contribution in [0.5, 0.6) is 5.75 Å². The van der Waals surface area contributed by atoms with Crippen LogP contribution in [-0.2, 0) is 6.42 Å². The zero-order valence-corrected chi connectivity index (χ0v) is 10.1. The number of aryl methyl sites for hydroxylation is 2. The van der Waals surface area contributed by atoms with Crippen molar-refractivity contribution in [3.8, 4) is 5.75 Å². The van der Waals surface area contributed by atoms with Crippen LogP contribution in [0.25, 0.3) is 0 Å². The molecule has 0 bridgehead atoms. The first-order valence-corrected chi connectivity index (χ1v) is 6.02. The van der Waals surface area contributed by atoms with Crippen molar-refractivity contribution in [2.45, 2.75) is 38.7 Å². The van der Waals surface area contributed by atoms with Gasteiger partial charge in [0.05, 0.1) is 13.2 Å². The second-order valence-electron chi connectivity index (χ2n) is 4.76. The number of ether oxygens (including phenoxy) is 1. The lowest BCUT2D eigenvalue weighted by molar-refractivity contribution is 0.141. The Morgan fingerprint density at radius 3 is 2.81 bits per heavy atom. The number of aliphatic hydroxyl groups excluding tert-OH is 1. The number of aliphatic hydroxyl groups is 1. The summed E-state index contributed by atoms with van der Waals surface area (Å²) in [4.78, 5) is 0. The van der Waals surface area contributed by atoms with Crippen LogP contribution in [0.2, 0.25) is 0 Å². The Morgan fingerprint density at radius 1 is 1.44 bits per heavy atom. The molecule has 1 fully saturated rings. The third-order valence-electron chi connectivity index (χ3n) is 3.31. The fourth-order valence-corrected chi connectivity index (χ4v) is 2.12. The van der Waals surface area contributed by atoms with Gasteiger partial charge in [0.25, 0.3) is 0 Å². The fraction of sp³-hybridized carbons (Fsp3) is 0.571. The summed E-state index contributed by atoms with van der Waals surface area (Å²) in [6.07, 6.45) is 4.04. The number of hydrogen-bond donors (Lipinski definition) is 1. The molecular weight excluding hydrogens is 200 g/mol. The molecule has 0 saturated heterocycles. The van der Waals surface area contributed by atoms with E-state index in [1.807, 2.05) is 6.07 Å². The van der Waals surface area contributed by atoms with Crippen LogP contribution in [0, 0.1) is 12.8 Å². The van der Waals surface area contributed by atoms with Gasteiger partial charge in [-0.25, -0.2) is 0 Å². The first-order valence-electron chi connectivity index (χ1n) is 6.02. The van der Waals surface area contributed by atoms with Gasteiger partial charge in [-0.05, 0) is 50.2 Å². The lowest BCUT2D eigenvalue weighted by Crippen LogP contribution is -2.10. The maximum Gasteiger partial charge on any atom is 0.122 e. The van der Waals surface area contributed by atoms with E-state index in [0.717, 1.165) is 18.6 Å². The molecular formula is C14H20O2. The summed E-state index contributed by atoms with van der Waals surface area (Å²) < 4.78 is 5.33. The van der Waals surface area contributed by atoms with Gasteiger partial charge in [0, 0.05) is 0 Å². The van der Waals surface area contributed by atoms with Crippen molar-refractivity contribution in [2.75, 3.05) is 7.11 Å². The van der Waals surface area contributed by atoms with E-state index in [1.165, 1.54) is 24.0 Å². The highest BCUT2D eigenvalue weighted by Gasteiger charge is 2.29. The SMILES string of the molecule is COc1ccc(C)cc1CCC(O)C1CC1. The molecule has 0 amide bonds. The van der Waals surface area contributed by atoms with Gasteiger partial charge in [-0.1, -0.05) is 17.7 Å². The van der Waals surface area contributed by atoms with Crippen molar-refractivity contribution >= 4 is 0 Å². The molecule has 2 heteroatoms. The second kappa shape index (κ2) is 4.88. The molecule has 1 saturated carbocycles. The predicted molar refractivity (Wildman–Crippen MR) is 64.8 cm³/mol. The minimum Gasteiger partial charge on any atom is -0.496 e. The van der Waals surface area contributed by atoms with E-state index in [4.69, 9.17) is 4.74 Å². The van der Waals surface area contributed by atoms with Crippen molar-refractivity contribution in [1.29, 1.82) is 0 Å². The van der Waals surface area contributed by atoms with Crippen LogP contribution in [0.3, 0.4) is 0 Å². The van der Waals surface area contributed by atoms with E-state index in [1.54, 1.807) is 7.11 Å². The first kappa shape index (κ1) is 11.5. The molecule has 2 rings (SSSR count). The number of hydrogen-bond acceptors (Lipinski definition) is 2. The summed E-state index contributed by atoms with van der Waals surface area (Å²) in [6.45, 7) is 2.08. The molecule has 0 radical (unpaired) electrons. The third-order valence-corrected chi connectivity index (χ3v) is 3.31. The first-order chi connectivity index (χ1) is 7.70. The molecule has 0 aliphatic heterocycles. The van der Waals surface area contributed by atoms with Crippen molar-refractivity contribution < 1.29 is 9.84 Å². The maximum absolute atomic E-state index is 9.84. The number of benzene rings is 1. The van der Waals surface area contributed by atoms with E-state index < -0.39 is 0 Å². The van der Waals surface area contributed by atoms with Crippen molar-refractivity contribution in [2.24, 2.45) is 5.92 Å². The highest BCUT2D eigenvalue weighted by atomic mass is 16.5. The van der Waals surface area contributed by atoms with Crippen molar-refractivity contribution in [3.63, 3.8) is 0 Å². The molecule has 1 aromatic rings. The maximum atomic E-state index is 9.84. The van der Waals surface area contributed by atoms with Crippen LogP contribution < -0.4 is 4.74 Å². The van der Waals surface area contributed by atoms with E-state index >= 15 is 0 Å². The molecule has 0 aromatic heterocycles. The number of rotatable bonds is 5. The normalized spacial score (nSPS) is 17.2. The average Bonchev–Trinajstić information content (AvgIpc) is 3.10. The summed E-state index contributed by atoms with van der Waals surface area (Å²) in [6, 6.07) is 6.21. The molecule has 1 aromatic carbocycles. The minimum absolute atomic E-state index is 0.120. The van der Waals surface area contributed by atoms with Gasteiger partial charge in [-0.2, -0.15) is 0 Å². The molecule has 1 atom stereocenters. The monoisotopic (exact) mass is 220 g/mol. The van der Waals surface area contributed by atoms with Gasteiger partial charge in [0.2, 0.25) is 0 Å².